The normalized spacial score (nSPS) is 22.7. The maximum atomic E-state index is 12.8. The summed E-state index contributed by atoms with van der Waals surface area (Å²) >= 11 is 0. The first-order valence-corrected chi connectivity index (χ1v) is 8.35. The number of carbonyl (C=O) groups is 1. The lowest BCUT2D eigenvalue weighted by Crippen LogP contribution is -2.49. The van der Waals surface area contributed by atoms with Crippen LogP contribution in [0.2, 0.25) is 0 Å². The minimum atomic E-state index is -0.164. The van der Waals surface area contributed by atoms with E-state index in [9.17, 15) is 9.59 Å². The number of likely N-dealkylation sites (N-methyl/N-ethyl adjacent to an activating group) is 1. The van der Waals surface area contributed by atoms with E-state index < -0.39 is 0 Å². The Morgan fingerprint density at radius 2 is 1.79 bits per heavy atom. The largest absolute Gasteiger partial charge is 0.345 e. The second-order valence-electron chi connectivity index (χ2n) is 6.75. The molecule has 2 aliphatic heterocycles. The summed E-state index contributed by atoms with van der Waals surface area (Å²) in [5.74, 6) is 0.338. The molecule has 1 amide bonds. The standard InChI is InChI=1S/C20H20N2O2/c1-21-12-15-11-17(20(21)24)18-10-9-16(19(23)22(18)13-15)8-7-14-5-3-2-4-6-14/h2-10,15,17H,11-13H2,1H3/b8-7+/t15-,17-/m0/s1. The highest BCUT2D eigenvalue weighted by Crippen LogP contribution is 2.35. The van der Waals surface area contributed by atoms with E-state index >= 15 is 0 Å². The third kappa shape index (κ3) is 2.48. The quantitative estimate of drug-likeness (QED) is 0.853. The number of benzene rings is 1. The third-order valence-corrected chi connectivity index (χ3v) is 5.07. The zero-order valence-electron chi connectivity index (χ0n) is 13.7. The van der Waals surface area contributed by atoms with E-state index in [1.807, 2.05) is 66.2 Å². The Hall–Kier alpha value is -2.62. The van der Waals surface area contributed by atoms with Crippen LogP contribution in [0.25, 0.3) is 12.2 Å². The number of rotatable bonds is 2. The molecule has 122 valence electrons. The molecule has 0 saturated carbocycles. The van der Waals surface area contributed by atoms with Gasteiger partial charge < -0.3 is 9.47 Å². The highest BCUT2D eigenvalue weighted by molar-refractivity contribution is 5.84. The summed E-state index contributed by atoms with van der Waals surface area (Å²) in [6.07, 6.45) is 4.68. The van der Waals surface area contributed by atoms with Gasteiger partial charge in [-0.1, -0.05) is 36.4 Å². The molecule has 0 radical (unpaired) electrons. The van der Waals surface area contributed by atoms with Crippen LogP contribution >= 0.6 is 0 Å². The average molecular weight is 320 g/mol. The number of hydrogen-bond acceptors (Lipinski definition) is 2. The molecule has 1 aromatic heterocycles. The van der Waals surface area contributed by atoms with Crippen LogP contribution in [0.15, 0.2) is 47.3 Å². The van der Waals surface area contributed by atoms with Crippen molar-refractivity contribution >= 4 is 18.1 Å². The minimum Gasteiger partial charge on any atom is -0.345 e. The van der Waals surface area contributed by atoms with Crippen molar-refractivity contribution in [3.63, 3.8) is 0 Å². The maximum Gasteiger partial charge on any atom is 0.258 e. The van der Waals surface area contributed by atoms with Crippen LogP contribution in [-0.4, -0.2) is 29.0 Å². The number of pyridine rings is 1. The van der Waals surface area contributed by atoms with Crippen molar-refractivity contribution in [3.05, 3.63) is 69.6 Å². The number of nitrogens with zero attached hydrogens (tertiary/aromatic N) is 2. The molecule has 4 rings (SSSR count). The molecule has 1 saturated heterocycles. The molecule has 2 bridgehead atoms. The van der Waals surface area contributed by atoms with Crippen molar-refractivity contribution in [1.82, 2.24) is 9.47 Å². The van der Waals surface area contributed by atoms with Crippen molar-refractivity contribution in [2.75, 3.05) is 13.6 Å². The summed E-state index contributed by atoms with van der Waals surface area (Å²) in [6.45, 7) is 1.45. The van der Waals surface area contributed by atoms with Gasteiger partial charge in [0, 0.05) is 31.4 Å². The lowest BCUT2D eigenvalue weighted by atomic mass is 9.82. The van der Waals surface area contributed by atoms with Crippen LogP contribution in [0.1, 0.15) is 29.2 Å². The van der Waals surface area contributed by atoms with Gasteiger partial charge in [0.1, 0.15) is 0 Å². The molecule has 0 unspecified atom stereocenters. The highest BCUT2D eigenvalue weighted by Gasteiger charge is 2.39. The van der Waals surface area contributed by atoms with E-state index in [4.69, 9.17) is 0 Å². The van der Waals surface area contributed by atoms with Gasteiger partial charge in [0.25, 0.3) is 5.56 Å². The van der Waals surface area contributed by atoms with Crippen LogP contribution in [0, 0.1) is 5.92 Å². The van der Waals surface area contributed by atoms with E-state index in [2.05, 4.69) is 0 Å². The zero-order valence-corrected chi connectivity index (χ0v) is 13.7. The van der Waals surface area contributed by atoms with Gasteiger partial charge in [-0.05, 0) is 36.1 Å². The first-order chi connectivity index (χ1) is 11.6. The minimum absolute atomic E-state index is 0.00624. The first kappa shape index (κ1) is 14.9. The number of aromatic nitrogens is 1. The summed E-state index contributed by atoms with van der Waals surface area (Å²) in [7, 11) is 1.85. The number of fused-ring (bicyclic) bond motifs is 4. The molecular formula is C20H20N2O2. The zero-order chi connectivity index (χ0) is 16.7. The summed E-state index contributed by atoms with van der Waals surface area (Å²) in [4.78, 5) is 27.0. The summed E-state index contributed by atoms with van der Waals surface area (Å²) in [5.41, 5.74) is 2.60. The fourth-order valence-electron chi connectivity index (χ4n) is 3.87. The number of amides is 1. The van der Waals surface area contributed by atoms with Crippen LogP contribution in [0.5, 0.6) is 0 Å². The number of likely N-dealkylation sites (tertiary alicyclic amines) is 1. The van der Waals surface area contributed by atoms with Gasteiger partial charge in [0.05, 0.1) is 5.92 Å². The molecule has 1 fully saturated rings. The van der Waals surface area contributed by atoms with Crippen molar-refractivity contribution in [2.24, 2.45) is 5.92 Å². The van der Waals surface area contributed by atoms with Crippen LogP contribution < -0.4 is 5.56 Å². The van der Waals surface area contributed by atoms with Gasteiger partial charge in [0.2, 0.25) is 5.91 Å². The number of piperidine rings is 1. The third-order valence-electron chi connectivity index (χ3n) is 5.07. The molecule has 4 heteroatoms. The Labute approximate surface area is 141 Å². The Kier molecular flexibility index (Phi) is 3.60. The van der Waals surface area contributed by atoms with Gasteiger partial charge in [-0.2, -0.15) is 0 Å². The first-order valence-electron chi connectivity index (χ1n) is 8.35. The molecule has 0 aliphatic carbocycles. The molecule has 0 spiro atoms. The van der Waals surface area contributed by atoms with Crippen molar-refractivity contribution in [2.45, 2.75) is 18.9 Å². The second kappa shape index (κ2) is 5.78. The Balaban J connectivity index is 1.72. The van der Waals surface area contributed by atoms with Gasteiger partial charge in [-0.15, -0.1) is 0 Å². The highest BCUT2D eigenvalue weighted by atomic mass is 16.2. The van der Waals surface area contributed by atoms with Crippen LogP contribution in [-0.2, 0) is 11.3 Å². The molecule has 4 nitrogen and oxygen atoms in total. The van der Waals surface area contributed by atoms with E-state index in [0.29, 0.717) is 18.0 Å². The summed E-state index contributed by atoms with van der Waals surface area (Å²) in [6, 6.07) is 13.7. The van der Waals surface area contributed by atoms with Crippen LogP contribution in [0.3, 0.4) is 0 Å². The van der Waals surface area contributed by atoms with Gasteiger partial charge in [-0.25, -0.2) is 0 Å². The fourth-order valence-corrected chi connectivity index (χ4v) is 3.87. The topological polar surface area (TPSA) is 42.3 Å². The number of hydrogen-bond donors (Lipinski definition) is 0. The predicted octanol–water partition coefficient (Wildman–Crippen LogP) is 2.59. The molecule has 24 heavy (non-hydrogen) atoms. The molecular weight excluding hydrogens is 300 g/mol. The Bertz CT molecular complexity index is 867. The molecule has 2 aromatic rings. The van der Waals surface area contributed by atoms with E-state index in [0.717, 1.165) is 24.2 Å². The Morgan fingerprint density at radius 1 is 1.00 bits per heavy atom. The second-order valence-corrected chi connectivity index (χ2v) is 6.75. The molecule has 2 aliphatic rings. The van der Waals surface area contributed by atoms with Crippen molar-refractivity contribution < 1.29 is 4.79 Å². The van der Waals surface area contributed by atoms with Crippen LogP contribution in [0.4, 0.5) is 0 Å². The lowest BCUT2D eigenvalue weighted by molar-refractivity contribution is -0.136. The van der Waals surface area contributed by atoms with E-state index in [1.54, 1.807) is 4.90 Å². The fraction of sp³-hybridized carbons (Fsp3) is 0.300. The molecule has 3 heterocycles. The number of carbonyl (C=O) groups excluding carboxylic acids is 1. The maximum absolute atomic E-state index is 12.8. The summed E-state index contributed by atoms with van der Waals surface area (Å²) in [5, 5.41) is 0. The molecule has 0 N–H and O–H groups in total. The average Bonchev–Trinajstić information content (AvgIpc) is 2.60. The summed E-state index contributed by atoms with van der Waals surface area (Å²) < 4.78 is 1.81. The predicted molar refractivity (Wildman–Crippen MR) is 94.6 cm³/mol. The molecule has 2 atom stereocenters. The smallest absolute Gasteiger partial charge is 0.258 e. The van der Waals surface area contributed by atoms with Crippen molar-refractivity contribution in [1.29, 1.82) is 0 Å². The van der Waals surface area contributed by atoms with Gasteiger partial charge in [0.15, 0.2) is 0 Å². The SMILES string of the molecule is CN1C[C@@H]2C[C@H](C1=O)c1ccc(/C=C/c3ccccc3)c(=O)n1C2. The Morgan fingerprint density at radius 3 is 2.58 bits per heavy atom. The van der Waals surface area contributed by atoms with Gasteiger partial charge >= 0.3 is 0 Å². The van der Waals surface area contributed by atoms with Gasteiger partial charge in [-0.3, -0.25) is 9.59 Å². The van der Waals surface area contributed by atoms with E-state index in [1.165, 1.54) is 0 Å². The lowest BCUT2D eigenvalue weighted by Gasteiger charge is -2.40. The van der Waals surface area contributed by atoms with Crippen molar-refractivity contribution in [3.8, 4) is 0 Å². The van der Waals surface area contributed by atoms with E-state index in [-0.39, 0.29) is 17.4 Å². The monoisotopic (exact) mass is 320 g/mol. The molecule has 1 aromatic carbocycles.